The summed E-state index contributed by atoms with van der Waals surface area (Å²) in [6.07, 6.45) is 0.804. The van der Waals surface area contributed by atoms with E-state index in [1.807, 2.05) is 80.6 Å². The first kappa shape index (κ1) is 25.9. The molecular formula is C30H34N4O3. The number of aryl methyl sites for hydroxylation is 1. The van der Waals surface area contributed by atoms with Crippen LogP contribution in [-0.4, -0.2) is 34.1 Å². The molecule has 7 heteroatoms. The molecular weight excluding hydrogens is 464 g/mol. The number of hydrogen-bond acceptors (Lipinski definition) is 4. The van der Waals surface area contributed by atoms with E-state index in [4.69, 9.17) is 9.72 Å². The van der Waals surface area contributed by atoms with E-state index in [1.165, 1.54) is 0 Å². The van der Waals surface area contributed by atoms with Gasteiger partial charge < -0.3 is 15.0 Å². The van der Waals surface area contributed by atoms with Gasteiger partial charge in [0.15, 0.2) is 0 Å². The van der Waals surface area contributed by atoms with Crippen molar-refractivity contribution in [1.29, 1.82) is 0 Å². The van der Waals surface area contributed by atoms with Crippen LogP contribution in [0.4, 0.5) is 10.5 Å². The van der Waals surface area contributed by atoms with Gasteiger partial charge in [-0.25, -0.2) is 9.78 Å². The van der Waals surface area contributed by atoms with Crippen LogP contribution in [0.5, 0.6) is 5.75 Å². The van der Waals surface area contributed by atoms with Crippen molar-refractivity contribution in [2.24, 2.45) is 5.92 Å². The average Bonchev–Trinajstić information content (AvgIpc) is 2.90. The lowest BCUT2D eigenvalue weighted by atomic mass is 10.1. The SMILES string of the molecule is COc1ccccc1-n1c(C(C)N(CCC(C)C)C(=O)Nc2ccccc2C)nc2ccccc2c1=O. The van der Waals surface area contributed by atoms with Crippen LogP contribution in [0.15, 0.2) is 77.6 Å². The number of aromatic nitrogens is 2. The standard InChI is InChI=1S/C30H34N4O3/c1-20(2)18-19-33(30(36)32-24-14-8-6-12-21(24)3)22(4)28-31-25-15-9-7-13-23(25)29(35)34(28)26-16-10-11-17-27(26)37-5/h6-17,20,22H,18-19H2,1-5H3,(H,32,36). The number of amides is 2. The normalized spacial score (nSPS) is 11.9. The van der Waals surface area contributed by atoms with Crippen molar-refractivity contribution in [3.05, 3.63) is 94.5 Å². The molecule has 4 aromatic rings. The Balaban J connectivity index is 1.87. The van der Waals surface area contributed by atoms with Gasteiger partial charge in [0.05, 0.1) is 29.7 Å². The van der Waals surface area contributed by atoms with Crippen LogP contribution in [0.1, 0.15) is 44.6 Å². The summed E-state index contributed by atoms with van der Waals surface area (Å²) in [4.78, 5) is 34.2. The van der Waals surface area contributed by atoms with Gasteiger partial charge in [-0.05, 0) is 62.1 Å². The summed E-state index contributed by atoms with van der Waals surface area (Å²) < 4.78 is 7.18. The number of anilines is 1. The van der Waals surface area contributed by atoms with Crippen LogP contribution in [0, 0.1) is 12.8 Å². The fourth-order valence-electron chi connectivity index (χ4n) is 4.39. The van der Waals surface area contributed by atoms with Gasteiger partial charge in [0, 0.05) is 12.2 Å². The quantitative estimate of drug-likeness (QED) is 0.307. The van der Waals surface area contributed by atoms with E-state index in [0.29, 0.717) is 40.6 Å². The molecule has 0 aliphatic heterocycles. The molecule has 1 N–H and O–H groups in total. The van der Waals surface area contributed by atoms with Gasteiger partial charge in [0.1, 0.15) is 11.6 Å². The Hall–Kier alpha value is -4.13. The van der Waals surface area contributed by atoms with Gasteiger partial charge >= 0.3 is 6.03 Å². The van der Waals surface area contributed by atoms with Crippen molar-refractivity contribution in [2.75, 3.05) is 19.0 Å². The van der Waals surface area contributed by atoms with Gasteiger partial charge in [-0.1, -0.05) is 56.3 Å². The number of rotatable bonds is 8. The minimum Gasteiger partial charge on any atom is -0.495 e. The Labute approximate surface area is 217 Å². The molecule has 0 fully saturated rings. The molecule has 1 unspecified atom stereocenters. The number of urea groups is 1. The van der Waals surface area contributed by atoms with Crippen molar-refractivity contribution in [2.45, 2.75) is 40.2 Å². The number of hydrogen-bond donors (Lipinski definition) is 1. The molecule has 2 amide bonds. The second-order valence-electron chi connectivity index (χ2n) is 9.60. The summed E-state index contributed by atoms with van der Waals surface area (Å²) in [7, 11) is 1.58. The first-order valence-corrected chi connectivity index (χ1v) is 12.6. The maximum atomic E-state index is 13.9. The molecule has 192 valence electrons. The third-order valence-corrected chi connectivity index (χ3v) is 6.56. The van der Waals surface area contributed by atoms with E-state index in [1.54, 1.807) is 22.6 Å². The smallest absolute Gasteiger partial charge is 0.322 e. The highest BCUT2D eigenvalue weighted by Crippen LogP contribution is 2.28. The van der Waals surface area contributed by atoms with Crippen LogP contribution in [0.3, 0.4) is 0 Å². The molecule has 1 aromatic heterocycles. The fraction of sp³-hybridized carbons (Fsp3) is 0.300. The number of methoxy groups -OCH3 is 1. The lowest BCUT2D eigenvalue weighted by Crippen LogP contribution is -2.41. The van der Waals surface area contributed by atoms with Crippen molar-refractivity contribution in [3.8, 4) is 11.4 Å². The Morgan fingerprint density at radius 1 is 1.00 bits per heavy atom. The minimum atomic E-state index is -0.509. The molecule has 37 heavy (non-hydrogen) atoms. The van der Waals surface area contributed by atoms with Crippen LogP contribution >= 0.6 is 0 Å². The zero-order valence-electron chi connectivity index (χ0n) is 22.1. The van der Waals surface area contributed by atoms with Gasteiger partial charge in [-0.2, -0.15) is 0 Å². The summed E-state index contributed by atoms with van der Waals surface area (Å²) in [5, 5.41) is 3.57. The molecule has 0 spiro atoms. The Bertz CT molecular complexity index is 1460. The Morgan fingerprint density at radius 2 is 1.68 bits per heavy atom. The molecule has 0 bridgehead atoms. The van der Waals surface area contributed by atoms with Crippen LogP contribution in [0.2, 0.25) is 0 Å². The maximum absolute atomic E-state index is 13.9. The maximum Gasteiger partial charge on any atom is 0.322 e. The summed E-state index contributed by atoms with van der Waals surface area (Å²) >= 11 is 0. The molecule has 0 saturated heterocycles. The number of fused-ring (bicyclic) bond motifs is 1. The number of ether oxygens (including phenoxy) is 1. The van der Waals surface area contributed by atoms with E-state index < -0.39 is 6.04 Å². The van der Waals surface area contributed by atoms with Crippen molar-refractivity contribution < 1.29 is 9.53 Å². The van der Waals surface area contributed by atoms with Crippen molar-refractivity contribution in [3.63, 3.8) is 0 Å². The van der Waals surface area contributed by atoms with Crippen LogP contribution in [0.25, 0.3) is 16.6 Å². The Morgan fingerprint density at radius 3 is 2.41 bits per heavy atom. The van der Waals surface area contributed by atoms with E-state index in [0.717, 1.165) is 17.7 Å². The predicted octanol–water partition coefficient (Wildman–Crippen LogP) is 6.34. The van der Waals surface area contributed by atoms with Crippen molar-refractivity contribution in [1.82, 2.24) is 14.5 Å². The summed E-state index contributed by atoms with van der Waals surface area (Å²) in [6, 6.07) is 21.6. The molecule has 0 radical (unpaired) electrons. The minimum absolute atomic E-state index is 0.208. The highest BCUT2D eigenvalue weighted by molar-refractivity contribution is 5.90. The van der Waals surface area contributed by atoms with Gasteiger partial charge in [-0.3, -0.25) is 9.36 Å². The molecule has 3 aromatic carbocycles. The number of para-hydroxylation sites is 4. The zero-order chi connectivity index (χ0) is 26.5. The molecule has 7 nitrogen and oxygen atoms in total. The van der Waals surface area contributed by atoms with E-state index >= 15 is 0 Å². The molecule has 0 aliphatic rings. The average molecular weight is 499 g/mol. The molecule has 1 heterocycles. The van der Waals surface area contributed by atoms with Gasteiger partial charge in [0.25, 0.3) is 5.56 Å². The summed E-state index contributed by atoms with van der Waals surface area (Å²) in [6.45, 7) is 8.63. The first-order valence-electron chi connectivity index (χ1n) is 12.6. The number of nitrogens with zero attached hydrogens (tertiary/aromatic N) is 3. The van der Waals surface area contributed by atoms with Crippen LogP contribution < -0.4 is 15.6 Å². The zero-order valence-corrected chi connectivity index (χ0v) is 22.1. The topological polar surface area (TPSA) is 76.5 Å². The number of benzene rings is 3. The first-order chi connectivity index (χ1) is 17.8. The van der Waals surface area contributed by atoms with E-state index in [2.05, 4.69) is 19.2 Å². The monoisotopic (exact) mass is 498 g/mol. The highest BCUT2D eigenvalue weighted by Gasteiger charge is 2.28. The second kappa shape index (κ2) is 11.3. The third-order valence-electron chi connectivity index (χ3n) is 6.56. The summed E-state index contributed by atoms with van der Waals surface area (Å²) in [5.41, 5.74) is 2.69. The van der Waals surface area contributed by atoms with Gasteiger partial charge in [0.2, 0.25) is 0 Å². The predicted molar refractivity (Wildman–Crippen MR) is 149 cm³/mol. The molecule has 4 rings (SSSR count). The lowest BCUT2D eigenvalue weighted by molar-refractivity contribution is 0.185. The second-order valence-corrected chi connectivity index (χ2v) is 9.60. The van der Waals surface area contributed by atoms with Crippen molar-refractivity contribution >= 4 is 22.6 Å². The summed E-state index contributed by atoms with van der Waals surface area (Å²) in [5.74, 6) is 1.41. The molecule has 0 aliphatic carbocycles. The van der Waals surface area contributed by atoms with Gasteiger partial charge in [-0.15, -0.1) is 0 Å². The van der Waals surface area contributed by atoms with E-state index in [9.17, 15) is 9.59 Å². The number of nitrogens with one attached hydrogen (secondary N) is 1. The fourth-order valence-corrected chi connectivity index (χ4v) is 4.39. The number of carbonyl (C=O) groups excluding carboxylic acids is 1. The lowest BCUT2D eigenvalue weighted by Gasteiger charge is -2.31. The largest absolute Gasteiger partial charge is 0.495 e. The Kier molecular flexibility index (Phi) is 7.92. The number of carbonyl (C=O) groups is 1. The molecule has 0 saturated carbocycles. The van der Waals surface area contributed by atoms with Crippen LogP contribution in [-0.2, 0) is 0 Å². The molecule has 1 atom stereocenters. The highest BCUT2D eigenvalue weighted by atomic mass is 16.5. The van der Waals surface area contributed by atoms with E-state index in [-0.39, 0.29) is 11.6 Å². The third kappa shape index (κ3) is 5.50.